The average molecular weight is 239 g/mol. The highest BCUT2D eigenvalue weighted by molar-refractivity contribution is 5.05. The molecule has 100 valence electrons. The van der Waals surface area contributed by atoms with Crippen LogP contribution in [0.1, 0.15) is 60.3 Å². The van der Waals surface area contributed by atoms with Crippen molar-refractivity contribution < 1.29 is 4.74 Å². The highest BCUT2D eigenvalue weighted by Gasteiger charge is 2.50. The van der Waals surface area contributed by atoms with Gasteiger partial charge in [0.1, 0.15) is 0 Å². The highest BCUT2D eigenvalue weighted by atomic mass is 16.5. The van der Waals surface area contributed by atoms with Crippen molar-refractivity contribution in [2.24, 2.45) is 10.8 Å². The first kappa shape index (κ1) is 13.4. The van der Waals surface area contributed by atoms with Gasteiger partial charge in [-0.1, -0.05) is 34.6 Å². The average Bonchev–Trinajstić information content (AvgIpc) is 2.45. The standard InChI is InChI=1S/C15H29NO/c1-13(2,3)10-12-15(17-9-8-16-12)7-6-14(4,5)11-15/h12,16H,6-11H2,1-5H3. The molecule has 0 aromatic carbocycles. The maximum Gasteiger partial charge on any atom is 0.0840 e. The maximum absolute atomic E-state index is 6.26. The molecule has 0 bridgehead atoms. The molecular weight excluding hydrogens is 210 g/mol. The lowest BCUT2D eigenvalue weighted by molar-refractivity contribution is -0.105. The van der Waals surface area contributed by atoms with Gasteiger partial charge in [-0.3, -0.25) is 0 Å². The van der Waals surface area contributed by atoms with Gasteiger partial charge in [0.05, 0.1) is 12.2 Å². The molecule has 0 aromatic heterocycles. The molecule has 1 N–H and O–H groups in total. The van der Waals surface area contributed by atoms with Crippen LogP contribution in [0.2, 0.25) is 0 Å². The largest absolute Gasteiger partial charge is 0.372 e. The van der Waals surface area contributed by atoms with Crippen LogP contribution in [0.4, 0.5) is 0 Å². The first-order valence-electron chi connectivity index (χ1n) is 7.10. The second-order valence-corrected chi connectivity index (χ2v) is 8.03. The van der Waals surface area contributed by atoms with Crippen molar-refractivity contribution in [3.63, 3.8) is 0 Å². The van der Waals surface area contributed by atoms with Gasteiger partial charge < -0.3 is 10.1 Å². The van der Waals surface area contributed by atoms with Crippen molar-refractivity contribution in [1.82, 2.24) is 5.32 Å². The molecule has 1 heterocycles. The molecule has 1 aliphatic carbocycles. The van der Waals surface area contributed by atoms with Gasteiger partial charge in [-0.15, -0.1) is 0 Å². The Morgan fingerprint density at radius 2 is 1.94 bits per heavy atom. The van der Waals surface area contributed by atoms with E-state index in [2.05, 4.69) is 39.9 Å². The number of ether oxygens (including phenoxy) is 1. The summed E-state index contributed by atoms with van der Waals surface area (Å²) in [5, 5.41) is 3.72. The second-order valence-electron chi connectivity index (χ2n) is 8.03. The van der Waals surface area contributed by atoms with E-state index in [-0.39, 0.29) is 5.60 Å². The molecular formula is C15H29NO. The van der Waals surface area contributed by atoms with Gasteiger partial charge >= 0.3 is 0 Å². The molecule has 2 atom stereocenters. The van der Waals surface area contributed by atoms with Gasteiger partial charge in [-0.05, 0) is 36.5 Å². The third-order valence-corrected chi connectivity index (χ3v) is 4.34. The van der Waals surface area contributed by atoms with Gasteiger partial charge in [0.2, 0.25) is 0 Å². The predicted octanol–water partition coefficient (Wildman–Crippen LogP) is 3.36. The minimum atomic E-state index is 0.120. The second kappa shape index (κ2) is 4.24. The molecule has 1 aliphatic heterocycles. The summed E-state index contributed by atoms with van der Waals surface area (Å²) in [7, 11) is 0. The Morgan fingerprint density at radius 1 is 1.24 bits per heavy atom. The predicted molar refractivity (Wildman–Crippen MR) is 72.2 cm³/mol. The van der Waals surface area contributed by atoms with Crippen LogP contribution in [0, 0.1) is 10.8 Å². The van der Waals surface area contributed by atoms with E-state index in [9.17, 15) is 0 Å². The van der Waals surface area contributed by atoms with Gasteiger partial charge in [0, 0.05) is 12.6 Å². The first-order chi connectivity index (χ1) is 7.73. The summed E-state index contributed by atoms with van der Waals surface area (Å²) in [6.45, 7) is 13.7. The maximum atomic E-state index is 6.26. The zero-order valence-corrected chi connectivity index (χ0v) is 12.2. The molecule has 17 heavy (non-hydrogen) atoms. The molecule has 2 nitrogen and oxygen atoms in total. The minimum Gasteiger partial charge on any atom is -0.372 e. The SMILES string of the molecule is CC(C)(C)CC1NCCOC12CCC(C)(C)C2. The molecule has 0 radical (unpaired) electrons. The zero-order chi connectivity index (χ0) is 12.7. The van der Waals surface area contributed by atoms with Gasteiger partial charge in [-0.2, -0.15) is 0 Å². The van der Waals surface area contributed by atoms with E-state index in [1.54, 1.807) is 0 Å². The Balaban J connectivity index is 2.13. The number of nitrogens with one attached hydrogen (secondary N) is 1. The van der Waals surface area contributed by atoms with Crippen molar-refractivity contribution in [3.8, 4) is 0 Å². The Morgan fingerprint density at radius 3 is 2.47 bits per heavy atom. The molecule has 0 aromatic rings. The van der Waals surface area contributed by atoms with Crippen LogP contribution < -0.4 is 5.32 Å². The fourth-order valence-electron chi connectivity index (χ4n) is 3.60. The number of rotatable bonds is 1. The van der Waals surface area contributed by atoms with Crippen molar-refractivity contribution in [2.75, 3.05) is 13.2 Å². The van der Waals surface area contributed by atoms with Crippen molar-refractivity contribution in [1.29, 1.82) is 0 Å². The van der Waals surface area contributed by atoms with Gasteiger partial charge in [0.15, 0.2) is 0 Å². The van der Waals surface area contributed by atoms with E-state index in [1.165, 1.54) is 25.7 Å². The van der Waals surface area contributed by atoms with Crippen molar-refractivity contribution >= 4 is 0 Å². The summed E-state index contributed by atoms with van der Waals surface area (Å²) >= 11 is 0. The fraction of sp³-hybridized carbons (Fsp3) is 1.00. The number of morpholine rings is 1. The van der Waals surface area contributed by atoms with Gasteiger partial charge in [-0.25, -0.2) is 0 Å². The lowest BCUT2D eigenvalue weighted by Crippen LogP contribution is -2.58. The van der Waals surface area contributed by atoms with E-state index in [0.29, 0.717) is 16.9 Å². The van der Waals surface area contributed by atoms with Crippen LogP contribution >= 0.6 is 0 Å². The first-order valence-corrected chi connectivity index (χ1v) is 7.10. The Labute approximate surface area is 107 Å². The summed E-state index contributed by atoms with van der Waals surface area (Å²) in [6, 6.07) is 0.540. The quantitative estimate of drug-likeness (QED) is 0.757. The van der Waals surface area contributed by atoms with Crippen molar-refractivity contribution in [2.45, 2.75) is 71.9 Å². The Hall–Kier alpha value is -0.0800. The van der Waals surface area contributed by atoms with Crippen LogP contribution in [0.15, 0.2) is 0 Å². The van der Waals surface area contributed by atoms with Crippen LogP contribution in [0.5, 0.6) is 0 Å². The summed E-state index contributed by atoms with van der Waals surface area (Å²) in [5.74, 6) is 0. The third kappa shape index (κ3) is 3.03. The van der Waals surface area contributed by atoms with Crippen molar-refractivity contribution in [3.05, 3.63) is 0 Å². The molecule has 1 saturated heterocycles. The molecule has 0 amide bonds. The van der Waals surface area contributed by atoms with E-state index in [1.807, 2.05) is 0 Å². The lowest BCUT2D eigenvalue weighted by atomic mass is 9.77. The summed E-state index contributed by atoms with van der Waals surface area (Å²) < 4.78 is 6.26. The zero-order valence-electron chi connectivity index (χ0n) is 12.2. The third-order valence-electron chi connectivity index (χ3n) is 4.34. The van der Waals surface area contributed by atoms with E-state index >= 15 is 0 Å². The van der Waals surface area contributed by atoms with E-state index in [0.717, 1.165) is 13.2 Å². The van der Waals surface area contributed by atoms with Crippen LogP contribution in [-0.4, -0.2) is 24.8 Å². The molecule has 2 aliphatic rings. The van der Waals surface area contributed by atoms with Crippen LogP contribution in [0.25, 0.3) is 0 Å². The van der Waals surface area contributed by atoms with Gasteiger partial charge in [0.25, 0.3) is 0 Å². The smallest absolute Gasteiger partial charge is 0.0840 e. The molecule has 1 saturated carbocycles. The summed E-state index contributed by atoms with van der Waals surface area (Å²) in [4.78, 5) is 0. The molecule has 1 spiro atoms. The molecule has 2 fully saturated rings. The number of hydrogen-bond acceptors (Lipinski definition) is 2. The van der Waals surface area contributed by atoms with E-state index in [4.69, 9.17) is 4.74 Å². The fourth-order valence-corrected chi connectivity index (χ4v) is 3.60. The minimum absolute atomic E-state index is 0.120. The monoisotopic (exact) mass is 239 g/mol. The normalized spacial score (nSPS) is 37.6. The summed E-state index contributed by atoms with van der Waals surface area (Å²) in [6.07, 6.45) is 4.96. The van der Waals surface area contributed by atoms with E-state index < -0.39 is 0 Å². The number of hydrogen-bond donors (Lipinski definition) is 1. The Kier molecular flexibility index (Phi) is 3.33. The van der Waals surface area contributed by atoms with Crippen LogP contribution in [-0.2, 0) is 4.74 Å². The molecule has 2 rings (SSSR count). The molecule has 2 unspecified atom stereocenters. The highest BCUT2D eigenvalue weighted by Crippen LogP contribution is 2.49. The lowest BCUT2D eigenvalue weighted by Gasteiger charge is -2.45. The van der Waals surface area contributed by atoms with Crippen LogP contribution in [0.3, 0.4) is 0 Å². The summed E-state index contributed by atoms with van der Waals surface area (Å²) in [5.41, 5.74) is 0.947. The molecule has 2 heteroatoms. The Bertz CT molecular complexity index is 279. The topological polar surface area (TPSA) is 21.3 Å².